The van der Waals surface area contributed by atoms with Crippen molar-refractivity contribution < 1.29 is 28.9 Å². The molecule has 1 aliphatic carbocycles. The quantitative estimate of drug-likeness (QED) is 0.393. The summed E-state index contributed by atoms with van der Waals surface area (Å²) in [5.74, 6) is -0.965. The SMILES string of the molecule is O=C(COc1ccccc1[N+](=O)[O-])NC1CCCCC1NC(=O)COc1ccccc1[N+](=O)[O-]. The van der Waals surface area contributed by atoms with Gasteiger partial charge in [-0.15, -0.1) is 0 Å². The van der Waals surface area contributed by atoms with E-state index < -0.39 is 34.9 Å². The third-order valence-electron chi connectivity index (χ3n) is 5.30. The van der Waals surface area contributed by atoms with Gasteiger partial charge in [-0.3, -0.25) is 29.8 Å². The van der Waals surface area contributed by atoms with E-state index in [9.17, 15) is 29.8 Å². The molecule has 2 N–H and O–H groups in total. The van der Waals surface area contributed by atoms with Gasteiger partial charge in [0, 0.05) is 24.2 Å². The summed E-state index contributed by atoms with van der Waals surface area (Å²) in [6, 6.07) is 10.8. The van der Waals surface area contributed by atoms with Gasteiger partial charge in [-0.05, 0) is 25.0 Å². The molecule has 0 radical (unpaired) electrons. The number of hydrogen-bond donors (Lipinski definition) is 2. The topological polar surface area (TPSA) is 163 Å². The van der Waals surface area contributed by atoms with E-state index in [-0.39, 0.29) is 35.0 Å². The largest absolute Gasteiger partial charge is 0.477 e. The van der Waals surface area contributed by atoms with Crippen LogP contribution in [-0.2, 0) is 9.59 Å². The van der Waals surface area contributed by atoms with Crippen molar-refractivity contribution in [2.24, 2.45) is 0 Å². The van der Waals surface area contributed by atoms with Gasteiger partial charge < -0.3 is 20.1 Å². The van der Waals surface area contributed by atoms with E-state index in [1.165, 1.54) is 36.4 Å². The second-order valence-corrected chi connectivity index (χ2v) is 7.66. The van der Waals surface area contributed by atoms with Crippen molar-refractivity contribution in [3.05, 3.63) is 68.8 Å². The Labute approximate surface area is 194 Å². The summed E-state index contributed by atoms with van der Waals surface area (Å²) < 4.78 is 10.6. The predicted octanol–water partition coefficient (Wildman–Crippen LogP) is 2.50. The third kappa shape index (κ3) is 6.64. The Morgan fingerprint density at radius 3 is 1.53 bits per heavy atom. The second kappa shape index (κ2) is 11.6. The molecule has 2 amide bonds. The minimum atomic E-state index is -0.591. The Morgan fingerprint density at radius 2 is 1.15 bits per heavy atom. The summed E-state index contributed by atoms with van der Waals surface area (Å²) >= 11 is 0. The summed E-state index contributed by atoms with van der Waals surface area (Å²) in [7, 11) is 0. The first kappa shape index (κ1) is 24.4. The highest BCUT2D eigenvalue weighted by atomic mass is 16.6. The highest BCUT2D eigenvalue weighted by Crippen LogP contribution is 2.27. The van der Waals surface area contributed by atoms with Crippen molar-refractivity contribution in [2.75, 3.05) is 13.2 Å². The molecule has 0 spiro atoms. The van der Waals surface area contributed by atoms with Gasteiger partial charge in [-0.25, -0.2) is 0 Å². The molecule has 0 saturated heterocycles. The van der Waals surface area contributed by atoms with Crippen molar-refractivity contribution in [3.63, 3.8) is 0 Å². The normalized spacial score (nSPS) is 17.3. The van der Waals surface area contributed by atoms with Crippen LogP contribution in [0.5, 0.6) is 11.5 Å². The maximum atomic E-state index is 12.4. The summed E-state index contributed by atoms with van der Waals surface area (Å²) in [4.78, 5) is 45.8. The van der Waals surface area contributed by atoms with E-state index in [0.717, 1.165) is 12.8 Å². The molecule has 1 fully saturated rings. The fraction of sp³-hybridized carbons (Fsp3) is 0.364. The van der Waals surface area contributed by atoms with Gasteiger partial charge in [0.2, 0.25) is 0 Å². The number of hydrogen-bond acceptors (Lipinski definition) is 8. The number of amides is 2. The Hall–Kier alpha value is -4.22. The summed E-state index contributed by atoms with van der Waals surface area (Å²) in [6.07, 6.45) is 2.98. The number of carbonyl (C=O) groups is 2. The fourth-order valence-electron chi connectivity index (χ4n) is 3.72. The minimum absolute atomic E-state index is 0.0108. The van der Waals surface area contributed by atoms with E-state index in [0.29, 0.717) is 12.8 Å². The standard InChI is InChI=1S/C22H24N4O8/c27-21(13-33-19-11-5-3-9-17(19)25(29)30)23-15-7-1-2-8-16(15)24-22(28)14-34-20-12-6-4-10-18(20)26(31)32/h3-6,9-12,15-16H,1-2,7-8,13-14H2,(H,23,27)(H,24,28). The van der Waals surface area contributed by atoms with Crippen LogP contribution >= 0.6 is 0 Å². The molecule has 180 valence electrons. The number of rotatable bonds is 10. The van der Waals surface area contributed by atoms with Crippen molar-refractivity contribution in [1.82, 2.24) is 10.6 Å². The Kier molecular flexibility index (Phi) is 8.32. The Morgan fingerprint density at radius 1 is 0.765 bits per heavy atom. The number of nitro benzene ring substituents is 2. The number of carbonyl (C=O) groups excluding carboxylic acids is 2. The maximum Gasteiger partial charge on any atom is 0.310 e. The van der Waals surface area contributed by atoms with Gasteiger partial charge in [-0.1, -0.05) is 37.1 Å². The zero-order valence-corrected chi connectivity index (χ0v) is 18.2. The van der Waals surface area contributed by atoms with Crippen LogP contribution in [0.15, 0.2) is 48.5 Å². The fourth-order valence-corrected chi connectivity index (χ4v) is 3.72. The van der Waals surface area contributed by atoms with E-state index in [1.54, 1.807) is 12.1 Å². The zero-order valence-electron chi connectivity index (χ0n) is 18.2. The Balaban J connectivity index is 1.52. The molecule has 3 rings (SSSR count). The van der Waals surface area contributed by atoms with Gasteiger partial charge in [0.1, 0.15) is 0 Å². The first-order valence-corrected chi connectivity index (χ1v) is 10.7. The van der Waals surface area contributed by atoms with Crippen LogP contribution in [0.25, 0.3) is 0 Å². The first-order valence-electron chi connectivity index (χ1n) is 10.7. The van der Waals surface area contributed by atoms with Crippen LogP contribution < -0.4 is 20.1 Å². The number of nitro groups is 2. The molecule has 12 heteroatoms. The van der Waals surface area contributed by atoms with Crippen molar-refractivity contribution in [1.29, 1.82) is 0 Å². The van der Waals surface area contributed by atoms with Crippen molar-refractivity contribution in [2.45, 2.75) is 37.8 Å². The van der Waals surface area contributed by atoms with E-state index in [2.05, 4.69) is 10.6 Å². The monoisotopic (exact) mass is 472 g/mol. The van der Waals surface area contributed by atoms with E-state index in [1.807, 2.05) is 0 Å². The molecule has 2 atom stereocenters. The molecule has 0 aliphatic heterocycles. The number of nitrogens with one attached hydrogen (secondary N) is 2. The summed E-state index contributed by atoms with van der Waals surface area (Å²) in [5.41, 5.74) is -0.478. The zero-order chi connectivity index (χ0) is 24.5. The molecule has 2 aromatic carbocycles. The lowest BCUT2D eigenvalue weighted by Crippen LogP contribution is -2.54. The van der Waals surface area contributed by atoms with Crippen LogP contribution in [0.2, 0.25) is 0 Å². The van der Waals surface area contributed by atoms with E-state index >= 15 is 0 Å². The molecule has 1 saturated carbocycles. The lowest BCUT2D eigenvalue weighted by Gasteiger charge is -2.32. The van der Waals surface area contributed by atoms with Gasteiger partial charge in [0.05, 0.1) is 9.85 Å². The average molecular weight is 472 g/mol. The average Bonchev–Trinajstić information content (AvgIpc) is 2.83. The van der Waals surface area contributed by atoms with E-state index in [4.69, 9.17) is 9.47 Å². The number of para-hydroxylation sites is 4. The van der Waals surface area contributed by atoms with Gasteiger partial charge >= 0.3 is 11.4 Å². The third-order valence-corrected chi connectivity index (χ3v) is 5.30. The molecule has 2 aromatic rings. The van der Waals surface area contributed by atoms with Crippen LogP contribution in [0.1, 0.15) is 25.7 Å². The molecule has 2 unspecified atom stereocenters. The van der Waals surface area contributed by atoms with Crippen LogP contribution in [-0.4, -0.2) is 47.0 Å². The number of nitrogens with zero attached hydrogens (tertiary/aromatic N) is 2. The predicted molar refractivity (Wildman–Crippen MR) is 120 cm³/mol. The van der Waals surface area contributed by atoms with Crippen LogP contribution in [0.4, 0.5) is 11.4 Å². The summed E-state index contributed by atoms with van der Waals surface area (Å²) in [5, 5.41) is 27.8. The van der Waals surface area contributed by atoms with Gasteiger partial charge in [0.15, 0.2) is 24.7 Å². The van der Waals surface area contributed by atoms with Crippen LogP contribution in [0.3, 0.4) is 0 Å². The minimum Gasteiger partial charge on any atom is -0.477 e. The lowest BCUT2D eigenvalue weighted by atomic mass is 9.90. The highest BCUT2D eigenvalue weighted by molar-refractivity contribution is 5.79. The Bertz CT molecular complexity index is 977. The first-order chi connectivity index (χ1) is 16.3. The summed E-state index contributed by atoms with van der Waals surface area (Å²) in [6.45, 7) is -0.828. The number of benzene rings is 2. The smallest absolute Gasteiger partial charge is 0.310 e. The molecular weight excluding hydrogens is 448 g/mol. The number of ether oxygens (including phenoxy) is 2. The molecule has 12 nitrogen and oxygen atoms in total. The van der Waals surface area contributed by atoms with Gasteiger partial charge in [-0.2, -0.15) is 0 Å². The molecular formula is C22H24N4O8. The van der Waals surface area contributed by atoms with Crippen LogP contribution in [0, 0.1) is 20.2 Å². The van der Waals surface area contributed by atoms with Gasteiger partial charge in [0.25, 0.3) is 11.8 Å². The maximum absolute atomic E-state index is 12.4. The molecule has 1 aliphatic rings. The highest BCUT2D eigenvalue weighted by Gasteiger charge is 2.28. The molecule has 0 heterocycles. The molecule has 0 aromatic heterocycles. The van der Waals surface area contributed by atoms with Crippen molar-refractivity contribution >= 4 is 23.2 Å². The molecule has 34 heavy (non-hydrogen) atoms. The lowest BCUT2D eigenvalue weighted by molar-refractivity contribution is -0.386. The van der Waals surface area contributed by atoms with Crippen molar-refractivity contribution in [3.8, 4) is 11.5 Å². The second-order valence-electron chi connectivity index (χ2n) is 7.66. The molecule has 0 bridgehead atoms.